The number of aromatic nitrogens is 1. The lowest BCUT2D eigenvalue weighted by atomic mass is 10.0. The van der Waals surface area contributed by atoms with Gasteiger partial charge in [-0.15, -0.1) is 11.3 Å². The summed E-state index contributed by atoms with van der Waals surface area (Å²) >= 11 is 1.33. The molecule has 3 aromatic rings. The molecular weight excluding hydrogens is 438 g/mol. The van der Waals surface area contributed by atoms with Crippen LogP contribution in [-0.2, 0) is 11.2 Å². The maximum Gasteiger partial charge on any atom is 0.263 e. The molecule has 1 amide bonds. The van der Waals surface area contributed by atoms with Crippen molar-refractivity contribution in [2.75, 3.05) is 37.5 Å². The summed E-state index contributed by atoms with van der Waals surface area (Å²) in [5.41, 5.74) is 16.0. The number of ether oxygens (including phenoxy) is 2. The van der Waals surface area contributed by atoms with Gasteiger partial charge in [-0.25, -0.2) is 4.98 Å². The van der Waals surface area contributed by atoms with Crippen LogP contribution in [0.25, 0.3) is 10.2 Å². The van der Waals surface area contributed by atoms with Gasteiger partial charge in [0.2, 0.25) is 0 Å². The fraction of sp³-hybridized carbons (Fsp3) is 0.417. The molecule has 9 heteroatoms. The fourth-order valence-corrected chi connectivity index (χ4v) is 5.80. The Labute approximate surface area is 196 Å². The average molecular weight is 468 g/mol. The molecule has 3 atom stereocenters. The molecule has 2 aliphatic heterocycles. The minimum absolute atomic E-state index is 0.128. The zero-order valence-electron chi connectivity index (χ0n) is 18.8. The molecule has 0 spiro atoms. The highest BCUT2D eigenvalue weighted by molar-refractivity contribution is 7.21. The van der Waals surface area contributed by atoms with Crippen molar-refractivity contribution in [3.63, 3.8) is 0 Å². The molecule has 2 aromatic heterocycles. The average Bonchev–Trinajstić information content (AvgIpc) is 3.32. The Morgan fingerprint density at radius 2 is 2.21 bits per heavy atom. The van der Waals surface area contributed by atoms with Gasteiger partial charge < -0.3 is 31.2 Å². The number of nitrogens with one attached hydrogen (secondary N) is 1. The van der Waals surface area contributed by atoms with Gasteiger partial charge in [0.15, 0.2) is 0 Å². The maximum absolute atomic E-state index is 13.0. The lowest BCUT2D eigenvalue weighted by molar-refractivity contribution is 0.0920. The van der Waals surface area contributed by atoms with Gasteiger partial charge in [-0.05, 0) is 43.5 Å². The molecule has 5 N–H and O–H groups in total. The van der Waals surface area contributed by atoms with Crippen molar-refractivity contribution in [2.24, 2.45) is 5.73 Å². The first kappa shape index (κ1) is 21.9. The van der Waals surface area contributed by atoms with Crippen LogP contribution in [0.5, 0.6) is 5.75 Å². The molecule has 1 fully saturated rings. The second kappa shape index (κ2) is 8.81. The van der Waals surface area contributed by atoms with Crippen LogP contribution in [0, 0.1) is 6.92 Å². The number of nitrogens with two attached hydrogens (primary N) is 2. The van der Waals surface area contributed by atoms with Crippen molar-refractivity contribution in [3.8, 4) is 5.75 Å². The number of nitrogen functional groups attached to an aromatic ring is 1. The monoisotopic (exact) mass is 467 g/mol. The summed E-state index contributed by atoms with van der Waals surface area (Å²) in [7, 11) is 1.72. The lowest BCUT2D eigenvalue weighted by Crippen LogP contribution is -2.42. The minimum Gasteiger partial charge on any atom is -0.491 e. The maximum atomic E-state index is 13.0. The Morgan fingerprint density at radius 3 is 3.03 bits per heavy atom. The molecule has 4 heterocycles. The highest BCUT2D eigenvalue weighted by Gasteiger charge is 2.31. The third-order valence-corrected chi connectivity index (χ3v) is 7.48. The summed E-state index contributed by atoms with van der Waals surface area (Å²) in [5, 5.41) is 3.91. The predicted molar refractivity (Wildman–Crippen MR) is 131 cm³/mol. The zero-order chi connectivity index (χ0) is 23.1. The number of hydrogen-bond donors (Lipinski definition) is 3. The van der Waals surface area contributed by atoms with Crippen molar-refractivity contribution in [3.05, 3.63) is 46.5 Å². The number of nitrogens with zero attached hydrogens (tertiary/aromatic N) is 2. The Bertz CT molecular complexity index is 1200. The largest absolute Gasteiger partial charge is 0.491 e. The highest BCUT2D eigenvalue weighted by atomic mass is 32.1. The van der Waals surface area contributed by atoms with E-state index in [9.17, 15) is 4.79 Å². The minimum atomic E-state index is -0.185. The first-order chi connectivity index (χ1) is 15.9. The van der Waals surface area contributed by atoms with Crippen molar-refractivity contribution in [1.29, 1.82) is 0 Å². The summed E-state index contributed by atoms with van der Waals surface area (Å²) in [4.78, 5) is 21.0. The van der Waals surface area contributed by atoms with Crippen LogP contribution in [0.4, 0.5) is 11.4 Å². The number of thiophene rings is 1. The highest BCUT2D eigenvalue weighted by Crippen LogP contribution is 2.35. The van der Waals surface area contributed by atoms with Crippen molar-refractivity contribution < 1.29 is 14.3 Å². The number of methoxy groups -OCH3 is 1. The van der Waals surface area contributed by atoms with Crippen molar-refractivity contribution in [2.45, 2.75) is 37.9 Å². The van der Waals surface area contributed by atoms with E-state index < -0.39 is 0 Å². The van der Waals surface area contributed by atoms with Gasteiger partial charge in [-0.2, -0.15) is 0 Å². The van der Waals surface area contributed by atoms with Crippen LogP contribution < -0.4 is 26.4 Å². The molecule has 8 nitrogen and oxygen atoms in total. The van der Waals surface area contributed by atoms with Gasteiger partial charge >= 0.3 is 0 Å². The molecule has 0 aliphatic carbocycles. The molecule has 0 saturated carbocycles. The van der Waals surface area contributed by atoms with Crippen molar-refractivity contribution in [1.82, 2.24) is 10.3 Å². The van der Waals surface area contributed by atoms with Crippen LogP contribution in [0.1, 0.15) is 27.3 Å². The van der Waals surface area contributed by atoms with Crippen LogP contribution in [0.2, 0.25) is 0 Å². The quantitative estimate of drug-likeness (QED) is 0.528. The normalized spacial score (nSPS) is 22.3. The van der Waals surface area contributed by atoms with Gasteiger partial charge in [0.25, 0.3) is 5.91 Å². The SMILES string of the molecule is COC[C@H]1C[C@@H](N)CN1c1ccc2c(c1)OC[C@H](NC(=O)c1sc3nc(C)ccc3c1N)C2. The van der Waals surface area contributed by atoms with E-state index in [1.807, 2.05) is 19.1 Å². The number of amides is 1. The third kappa shape index (κ3) is 4.23. The van der Waals surface area contributed by atoms with E-state index in [1.165, 1.54) is 11.3 Å². The number of carbonyl (C=O) groups excluding carboxylic acids is 1. The predicted octanol–water partition coefficient (Wildman–Crippen LogP) is 2.47. The van der Waals surface area contributed by atoms with Gasteiger partial charge in [0.05, 0.1) is 24.4 Å². The second-order valence-corrected chi connectivity index (χ2v) is 9.88. The Hall–Kier alpha value is -2.88. The smallest absolute Gasteiger partial charge is 0.263 e. The van der Waals surface area contributed by atoms with E-state index in [0.29, 0.717) is 30.2 Å². The number of hydrogen-bond acceptors (Lipinski definition) is 8. The molecule has 1 saturated heterocycles. The first-order valence-corrected chi connectivity index (χ1v) is 12.0. The summed E-state index contributed by atoms with van der Waals surface area (Å²) in [6.45, 7) is 3.78. The molecule has 2 aliphatic rings. The first-order valence-electron chi connectivity index (χ1n) is 11.2. The van der Waals surface area contributed by atoms with Gasteiger partial charge in [0.1, 0.15) is 22.1 Å². The summed E-state index contributed by atoms with van der Waals surface area (Å²) in [6.07, 6.45) is 1.61. The second-order valence-electron chi connectivity index (χ2n) is 8.89. The number of fused-ring (bicyclic) bond motifs is 2. The zero-order valence-corrected chi connectivity index (χ0v) is 19.7. The van der Waals surface area contributed by atoms with Gasteiger partial charge in [-0.3, -0.25) is 4.79 Å². The molecule has 0 radical (unpaired) electrons. The lowest BCUT2D eigenvalue weighted by Gasteiger charge is -2.30. The van der Waals surface area contributed by atoms with Crippen LogP contribution in [0.3, 0.4) is 0 Å². The molecule has 33 heavy (non-hydrogen) atoms. The number of benzene rings is 1. The number of carbonyl (C=O) groups is 1. The number of pyridine rings is 1. The van der Waals surface area contributed by atoms with E-state index in [2.05, 4.69) is 33.4 Å². The molecule has 5 rings (SSSR count). The molecule has 174 valence electrons. The van der Waals surface area contributed by atoms with Crippen LogP contribution in [0.15, 0.2) is 30.3 Å². The topological polar surface area (TPSA) is 116 Å². The fourth-order valence-electron chi connectivity index (χ4n) is 4.76. The number of anilines is 2. The summed E-state index contributed by atoms with van der Waals surface area (Å²) in [5.74, 6) is 0.672. The Morgan fingerprint density at radius 1 is 1.36 bits per heavy atom. The van der Waals surface area contributed by atoms with E-state index in [-0.39, 0.29) is 24.0 Å². The molecule has 1 aromatic carbocycles. The van der Waals surface area contributed by atoms with Gasteiger partial charge in [0, 0.05) is 42.5 Å². The summed E-state index contributed by atoms with van der Waals surface area (Å²) in [6, 6.07) is 10.4. The molecular formula is C24H29N5O3S. The molecule has 0 unspecified atom stereocenters. The standard InChI is InChI=1S/C24H29N5O3S/c1-13-3-6-19-21(26)22(33-24(19)27-13)23(30)28-16-7-14-4-5-17(9-20(14)32-11-16)29-10-15(25)8-18(29)12-31-2/h3-6,9,15-16,18H,7-8,10-12,25-26H2,1-2H3,(H,28,30)/t15-,16-,18-/m1/s1. The number of aryl methyl sites for hydroxylation is 1. The van der Waals surface area contributed by atoms with Crippen LogP contribution in [-0.4, -0.2) is 55.9 Å². The van der Waals surface area contributed by atoms with Crippen LogP contribution >= 0.6 is 11.3 Å². The molecule has 0 bridgehead atoms. The van der Waals surface area contributed by atoms with E-state index in [1.54, 1.807) is 7.11 Å². The third-order valence-electron chi connectivity index (χ3n) is 6.37. The van der Waals surface area contributed by atoms with E-state index in [4.69, 9.17) is 20.9 Å². The van der Waals surface area contributed by atoms with Crippen molar-refractivity contribution >= 4 is 38.8 Å². The Balaban J connectivity index is 1.29. The van der Waals surface area contributed by atoms with E-state index in [0.717, 1.165) is 45.9 Å². The summed E-state index contributed by atoms with van der Waals surface area (Å²) < 4.78 is 11.4. The van der Waals surface area contributed by atoms with E-state index >= 15 is 0 Å². The van der Waals surface area contributed by atoms with Gasteiger partial charge in [-0.1, -0.05) is 6.07 Å². The Kier molecular flexibility index (Phi) is 5.86. The number of rotatable bonds is 5.